The van der Waals surface area contributed by atoms with Crippen LogP contribution >= 0.6 is 35.3 Å². The Bertz CT molecular complexity index is 1190. The Balaban J connectivity index is 1.87. The van der Waals surface area contributed by atoms with E-state index in [1.165, 1.54) is 40.2 Å². The molecule has 3 atom stereocenters. The van der Waals surface area contributed by atoms with Crippen molar-refractivity contribution in [3.8, 4) is 6.07 Å². The van der Waals surface area contributed by atoms with Crippen molar-refractivity contribution < 1.29 is 33.4 Å². The van der Waals surface area contributed by atoms with Gasteiger partial charge < -0.3 is 19.5 Å². The maximum atomic E-state index is 13.5. The van der Waals surface area contributed by atoms with Gasteiger partial charge in [-0.2, -0.15) is 5.26 Å². The topological polar surface area (TPSA) is 179 Å². The zero-order valence-corrected chi connectivity index (χ0v) is 24.0. The normalized spacial score (nSPS) is 21.7. The minimum Gasteiger partial charge on any atom is -0.427 e. The van der Waals surface area contributed by atoms with Gasteiger partial charge in [0.2, 0.25) is 17.9 Å². The summed E-state index contributed by atoms with van der Waals surface area (Å²) >= 11 is 3.54. The lowest BCUT2D eigenvalue weighted by Gasteiger charge is -2.56. The van der Waals surface area contributed by atoms with Gasteiger partial charge in [-0.3, -0.25) is 19.3 Å². The molecule has 38 heavy (non-hydrogen) atoms. The van der Waals surface area contributed by atoms with E-state index in [0.717, 1.165) is 11.8 Å². The highest BCUT2D eigenvalue weighted by molar-refractivity contribution is 8.01. The van der Waals surface area contributed by atoms with Crippen molar-refractivity contribution in [1.29, 1.82) is 5.26 Å². The first-order chi connectivity index (χ1) is 17.9. The number of carbonyl (C=O) groups excluding carboxylic acids is 4. The lowest BCUT2D eigenvalue weighted by molar-refractivity contribution is -0.194. The van der Waals surface area contributed by atoms with E-state index in [0.29, 0.717) is 10.7 Å². The summed E-state index contributed by atoms with van der Waals surface area (Å²) in [6.07, 6.45) is 1.59. The Kier molecular flexibility index (Phi) is 9.34. The van der Waals surface area contributed by atoms with Crippen LogP contribution in [0.15, 0.2) is 16.4 Å². The summed E-state index contributed by atoms with van der Waals surface area (Å²) in [5.74, 6) is -2.31. The number of esters is 2. The third kappa shape index (κ3) is 5.77. The maximum absolute atomic E-state index is 13.5. The maximum Gasteiger partial charge on any atom is 0.357 e. The molecule has 0 aliphatic carbocycles. The Labute approximate surface area is 231 Å². The van der Waals surface area contributed by atoms with E-state index in [2.05, 4.69) is 20.8 Å². The Hall–Kier alpha value is -2.81. The number of nitrogens with one attached hydrogen (secondary N) is 1. The molecule has 0 radical (unpaired) electrons. The van der Waals surface area contributed by atoms with Crippen molar-refractivity contribution in [2.75, 3.05) is 31.7 Å². The van der Waals surface area contributed by atoms with Gasteiger partial charge in [0.25, 0.3) is 11.6 Å². The van der Waals surface area contributed by atoms with E-state index in [1.807, 2.05) is 6.07 Å². The lowest BCUT2D eigenvalue weighted by Crippen LogP contribution is -2.81. The van der Waals surface area contributed by atoms with E-state index in [4.69, 9.17) is 14.2 Å². The number of β-lactam (4-membered cyclic amide) rings is 1. The molecule has 1 fully saturated rings. The number of fused-ring (bicyclic) bond motifs is 1. The number of carbonyl (C=O) groups is 4. The van der Waals surface area contributed by atoms with Gasteiger partial charge in [-0.25, -0.2) is 9.48 Å². The molecule has 1 unspecified atom stereocenters. The fraction of sp³-hybridized carbons (Fsp3) is 0.619. The predicted molar refractivity (Wildman–Crippen MR) is 137 cm³/mol. The molecule has 1 aromatic heterocycles. The molecule has 1 N–H and O–H groups in total. The number of hydrogen-bond donors (Lipinski definition) is 1. The predicted octanol–water partition coefficient (Wildman–Crippen LogP) is 0.275. The molecule has 1 saturated heterocycles. The summed E-state index contributed by atoms with van der Waals surface area (Å²) in [5.41, 5.74) is -2.07. The van der Waals surface area contributed by atoms with Crippen molar-refractivity contribution in [2.45, 2.75) is 42.3 Å². The fourth-order valence-corrected chi connectivity index (χ4v) is 6.23. The van der Waals surface area contributed by atoms with Crippen molar-refractivity contribution in [2.24, 2.45) is 12.5 Å². The molecule has 2 amide bonds. The number of thioether (sulfide) groups is 3. The van der Waals surface area contributed by atoms with Crippen LogP contribution in [0.1, 0.15) is 20.8 Å². The average Bonchev–Trinajstić information content (AvgIpc) is 3.29. The smallest absolute Gasteiger partial charge is 0.357 e. The van der Waals surface area contributed by atoms with Crippen molar-refractivity contribution in [1.82, 2.24) is 30.4 Å². The molecule has 206 valence electrons. The quantitative estimate of drug-likeness (QED) is 0.171. The second kappa shape index (κ2) is 11.9. The first-order valence-corrected chi connectivity index (χ1v) is 14.4. The molecule has 17 heteroatoms. The van der Waals surface area contributed by atoms with Gasteiger partial charge in [-0.1, -0.05) is 11.8 Å². The first kappa shape index (κ1) is 29.7. The van der Waals surface area contributed by atoms with Crippen LogP contribution in [0, 0.1) is 16.7 Å². The van der Waals surface area contributed by atoms with Crippen LogP contribution < -0.4 is 5.32 Å². The number of ether oxygens (including phenoxy) is 3. The SMILES string of the molecule is CO[C@@]1(NC(=O)C(C#N)SC)C(=O)N2C(C(=O)OCOC(=O)C(C)(C)C)=C(CSc3nnnn3C)CS[C@H]21. The number of hydrogen-bond acceptors (Lipinski definition) is 14. The standard InChI is InChI=1S/C21H27N7O7S3/c1-20(2,3)18(32)35-10-34-15(30)13-11(9-38-19-24-25-26-27(19)4)8-37-17-21(33-5,16(31)28(13)17)23-14(29)12(7-22)36-6/h12,17H,8-10H2,1-6H3,(H,23,29)/t12?,17-,21-/m0/s1. The molecule has 0 aromatic carbocycles. The van der Waals surface area contributed by atoms with Gasteiger partial charge in [-0.15, -0.1) is 28.6 Å². The number of aromatic nitrogens is 4. The molecule has 0 saturated carbocycles. The van der Waals surface area contributed by atoms with Crippen LogP contribution in [0.3, 0.4) is 0 Å². The summed E-state index contributed by atoms with van der Waals surface area (Å²) in [5, 5.41) is 21.7. The van der Waals surface area contributed by atoms with Crippen molar-refractivity contribution >= 4 is 59.0 Å². The number of tetrazole rings is 1. The number of nitrogens with zero attached hydrogens (tertiary/aromatic N) is 6. The van der Waals surface area contributed by atoms with E-state index >= 15 is 0 Å². The summed E-state index contributed by atoms with van der Waals surface area (Å²) in [7, 11) is 2.93. The number of amides is 2. The zero-order valence-electron chi connectivity index (χ0n) is 21.5. The third-order valence-corrected chi connectivity index (χ3v) is 8.74. The minimum absolute atomic E-state index is 0.0446. The Morgan fingerprint density at radius 1 is 1.34 bits per heavy atom. The molecule has 1 aromatic rings. The monoisotopic (exact) mass is 585 g/mol. The lowest BCUT2D eigenvalue weighted by atomic mass is 9.97. The van der Waals surface area contributed by atoms with Gasteiger partial charge in [0.1, 0.15) is 11.1 Å². The average molecular weight is 586 g/mol. The number of methoxy groups -OCH3 is 1. The van der Waals surface area contributed by atoms with Gasteiger partial charge in [-0.05, 0) is 43.0 Å². The van der Waals surface area contributed by atoms with E-state index < -0.39 is 52.3 Å². The van der Waals surface area contributed by atoms with Crippen LogP contribution in [-0.2, 0) is 40.4 Å². The summed E-state index contributed by atoms with van der Waals surface area (Å²) in [6, 6.07) is 1.86. The van der Waals surface area contributed by atoms with Crippen LogP contribution in [0.25, 0.3) is 0 Å². The van der Waals surface area contributed by atoms with Crippen LogP contribution in [0.4, 0.5) is 0 Å². The summed E-state index contributed by atoms with van der Waals surface area (Å²) in [4.78, 5) is 52.6. The second-order valence-electron chi connectivity index (χ2n) is 9.07. The molecule has 3 rings (SSSR count). The zero-order chi connectivity index (χ0) is 28.3. The van der Waals surface area contributed by atoms with Crippen LogP contribution in [0.2, 0.25) is 0 Å². The molecule has 2 aliphatic heterocycles. The molecule has 2 aliphatic rings. The van der Waals surface area contributed by atoms with Crippen LogP contribution in [0.5, 0.6) is 0 Å². The first-order valence-electron chi connectivity index (χ1n) is 11.1. The van der Waals surface area contributed by atoms with Gasteiger partial charge >= 0.3 is 11.9 Å². The highest BCUT2D eigenvalue weighted by Gasteiger charge is 2.67. The van der Waals surface area contributed by atoms with E-state index in [-0.39, 0.29) is 17.2 Å². The molecule has 14 nitrogen and oxygen atoms in total. The molecule has 3 heterocycles. The van der Waals surface area contributed by atoms with Crippen molar-refractivity contribution in [3.05, 3.63) is 11.3 Å². The van der Waals surface area contributed by atoms with Crippen molar-refractivity contribution in [3.63, 3.8) is 0 Å². The number of nitriles is 1. The summed E-state index contributed by atoms with van der Waals surface area (Å²) < 4.78 is 17.2. The molecule has 0 bridgehead atoms. The van der Waals surface area contributed by atoms with Gasteiger partial charge in [0, 0.05) is 25.7 Å². The largest absolute Gasteiger partial charge is 0.427 e. The number of rotatable bonds is 10. The Morgan fingerprint density at radius 2 is 2.05 bits per heavy atom. The highest BCUT2D eigenvalue weighted by Crippen LogP contribution is 2.47. The number of aryl methyl sites for hydroxylation is 1. The second-order valence-corrected chi connectivity index (χ2v) is 12.0. The third-order valence-electron chi connectivity index (χ3n) is 5.47. The van der Waals surface area contributed by atoms with Crippen LogP contribution in [-0.4, -0.2) is 96.9 Å². The molecular weight excluding hydrogens is 558 g/mol. The van der Waals surface area contributed by atoms with Gasteiger partial charge in [0.05, 0.1) is 11.5 Å². The van der Waals surface area contributed by atoms with E-state index in [9.17, 15) is 24.4 Å². The molecule has 0 spiro atoms. The Morgan fingerprint density at radius 3 is 2.61 bits per heavy atom. The highest BCUT2D eigenvalue weighted by atomic mass is 32.2. The van der Waals surface area contributed by atoms with E-state index in [1.54, 1.807) is 34.1 Å². The van der Waals surface area contributed by atoms with Gasteiger partial charge in [0.15, 0.2) is 5.25 Å². The molecular formula is C21H27N7O7S3. The minimum atomic E-state index is -1.77. The summed E-state index contributed by atoms with van der Waals surface area (Å²) in [6.45, 7) is 4.33. The fourth-order valence-electron chi connectivity index (χ4n) is 3.43.